The quantitative estimate of drug-likeness (QED) is 0.848. The van der Waals surface area contributed by atoms with Crippen LogP contribution in [0.1, 0.15) is 17.0 Å². The molecule has 1 aromatic carbocycles. The van der Waals surface area contributed by atoms with E-state index in [0.29, 0.717) is 0 Å². The second-order valence-electron chi connectivity index (χ2n) is 4.02. The summed E-state index contributed by atoms with van der Waals surface area (Å²) in [6, 6.07) is 10.4. The molecule has 1 heterocycles. The van der Waals surface area contributed by atoms with Crippen LogP contribution in [0.15, 0.2) is 42.7 Å². The van der Waals surface area contributed by atoms with Gasteiger partial charge >= 0.3 is 0 Å². The Morgan fingerprint density at radius 1 is 0.941 bits per heavy atom. The molecule has 17 heavy (non-hydrogen) atoms. The topological polar surface area (TPSA) is 37.8 Å². The lowest BCUT2D eigenvalue weighted by Crippen LogP contribution is -2.07. The summed E-state index contributed by atoms with van der Waals surface area (Å²) >= 11 is 0. The Morgan fingerprint density at radius 2 is 1.65 bits per heavy atom. The lowest BCUT2D eigenvalue weighted by Gasteiger charge is -2.02. The van der Waals surface area contributed by atoms with Crippen molar-refractivity contribution in [3.05, 3.63) is 59.7 Å². The van der Waals surface area contributed by atoms with Crippen molar-refractivity contribution in [3.63, 3.8) is 0 Å². The van der Waals surface area contributed by atoms with Gasteiger partial charge in [0.05, 0.1) is 0 Å². The SMILES string of the molecule is CNCc1cnc(CCc2ccccc2)nc1. The number of benzene rings is 1. The first kappa shape index (κ1) is 11.7. The van der Waals surface area contributed by atoms with Crippen molar-refractivity contribution < 1.29 is 0 Å². The number of nitrogens with zero attached hydrogens (tertiary/aromatic N) is 2. The molecule has 3 nitrogen and oxygen atoms in total. The highest BCUT2D eigenvalue weighted by Gasteiger charge is 1.98. The van der Waals surface area contributed by atoms with Crippen LogP contribution < -0.4 is 5.32 Å². The van der Waals surface area contributed by atoms with Gasteiger partial charge in [-0.05, 0) is 19.0 Å². The minimum absolute atomic E-state index is 0.818. The van der Waals surface area contributed by atoms with Crippen LogP contribution in [0, 0.1) is 0 Å². The molecule has 3 heteroatoms. The Kier molecular flexibility index (Phi) is 4.22. The summed E-state index contributed by atoms with van der Waals surface area (Å²) in [4.78, 5) is 8.72. The number of aryl methyl sites for hydroxylation is 2. The third-order valence-corrected chi connectivity index (χ3v) is 2.62. The fourth-order valence-corrected chi connectivity index (χ4v) is 1.71. The van der Waals surface area contributed by atoms with E-state index in [4.69, 9.17) is 0 Å². The summed E-state index contributed by atoms with van der Waals surface area (Å²) in [7, 11) is 1.92. The standard InChI is InChI=1S/C14H17N3/c1-15-9-13-10-16-14(17-11-13)8-7-12-5-3-2-4-6-12/h2-6,10-11,15H,7-9H2,1H3. The molecule has 0 aliphatic carbocycles. The molecule has 0 amide bonds. The summed E-state index contributed by atoms with van der Waals surface area (Å²) in [5.74, 6) is 0.911. The molecule has 1 N–H and O–H groups in total. The molecule has 0 spiro atoms. The third kappa shape index (κ3) is 3.64. The Balaban J connectivity index is 1.91. The Morgan fingerprint density at radius 3 is 2.29 bits per heavy atom. The van der Waals surface area contributed by atoms with Gasteiger partial charge in [0.25, 0.3) is 0 Å². The van der Waals surface area contributed by atoms with Crippen molar-refractivity contribution in [1.29, 1.82) is 0 Å². The molecule has 0 unspecified atom stereocenters. The molecule has 0 radical (unpaired) electrons. The van der Waals surface area contributed by atoms with E-state index in [-0.39, 0.29) is 0 Å². The second kappa shape index (κ2) is 6.11. The van der Waals surface area contributed by atoms with Gasteiger partial charge < -0.3 is 5.32 Å². The summed E-state index contributed by atoms with van der Waals surface area (Å²) in [5.41, 5.74) is 2.45. The predicted molar refractivity (Wildman–Crippen MR) is 68.6 cm³/mol. The normalized spacial score (nSPS) is 10.4. The zero-order valence-electron chi connectivity index (χ0n) is 10.1. The van der Waals surface area contributed by atoms with Crippen LogP contribution in [0.3, 0.4) is 0 Å². The van der Waals surface area contributed by atoms with Crippen molar-refractivity contribution in [2.75, 3.05) is 7.05 Å². The van der Waals surface area contributed by atoms with E-state index in [1.54, 1.807) is 0 Å². The lowest BCUT2D eigenvalue weighted by molar-refractivity contribution is 0.788. The third-order valence-electron chi connectivity index (χ3n) is 2.62. The number of nitrogens with one attached hydrogen (secondary N) is 1. The van der Waals surface area contributed by atoms with E-state index in [1.807, 2.05) is 25.5 Å². The maximum Gasteiger partial charge on any atom is 0.128 e. The maximum absolute atomic E-state index is 4.36. The first-order chi connectivity index (χ1) is 8.38. The van der Waals surface area contributed by atoms with E-state index < -0.39 is 0 Å². The van der Waals surface area contributed by atoms with Gasteiger partial charge in [0.1, 0.15) is 5.82 Å². The van der Waals surface area contributed by atoms with Crippen molar-refractivity contribution >= 4 is 0 Å². The Labute approximate surface area is 102 Å². The Hall–Kier alpha value is -1.74. The average molecular weight is 227 g/mol. The number of rotatable bonds is 5. The van der Waals surface area contributed by atoms with Crippen LogP contribution in [-0.4, -0.2) is 17.0 Å². The van der Waals surface area contributed by atoms with E-state index in [1.165, 1.54) is 5.56 Å². The van der Waals surface area contributed by atoms with Gasteiger partial charge in [-0.15, -0.1) is 0 Å². The smallest absolute Gasteiger partial charge is 0.128 e. The number of hydrogen-bond donors (Lipinski definition) is 1. The van der Waals surface area contributed by atoms with Gasteiger partial charge in [0, 0.05) is 30.9 Å². The molecular weight excluding hydrogens is 210 g/mol. The van der Waals surface area contributed by atoms with Crippen LogP contribution in [0.2, 0.25) is 0 Å². The van der Waals surface area contributed by atoms with Gasteiger partial charge in [-0.2, -0.15) is 0 Å². The van der Waals surface area contributed by atoms with E-state index in [2.05, 4.69) is 39.6 Å². The Bertz CT molecular complexity index is 437. The molecule has 1 aromatic heterocycles. The molecule has 2 rings (SSSR count). The van der Waals surface area contributed by atoms with E-state index >= 15 is 0 Å². The zero-order chi connectivity index (χ0) is 11.9. The minimum atomic E-state index is 0.818. The van der Waals surface area contributed by atoms with Crippen LogP contribution in [-0.2, 0) is 19.4 Å². The van der Waals surface area contributed by atoms with Crippen molar-refractivity contribution in [2.24, 2.45) is 0 Å². The van der Waals surface area contributed by atoms with Crippen LogP contribution in [0.25, 0.3) is 0 Å². The molecule has 0 aliphatic rings. The molecule has 2 aromatic rings. The van der Waals surface area contributed by atoms with Gasteiger partial charge in [-0.1, -0.05) is 30.3 Å². The highest BCUT2D eigenvalue weighted by molar-refractivity contribution is 5.15. The van der Waals surface area contributed by atoms with Crippen LogP contribution in [0.4, 0.5) is 0 Å². The molecule has 0 saturated heterocycles. The van der Waals surface area contributed by atoms with E-state index in [9.17, 15) is 0 Å². The van der Waals surface area contributed by atoms with Gasteiger partial charge in [-0.3, -0.25) is 0 Å². The molecular formula is C14H17N3. The van der Waals surface area contributed by atoms with Crippen LogP contribution in [0.5, 0.6) is 0 Å². The summed E-state index contributed by atoms with van der Waals surface area (Å²) in [5, 5.41) is 3.08. The lowest BCUT2D eigenvalue weighted by atomic mass is 10.1. The maximum atomic E-state index is 4.36. The second-order valence-corrected chi connectivity index (χ2v) is 4.02. The molecule has 0 atom stereocenters. The summed E-state index contributed by atoms with van der Waals surface area (Å²) < 4.78 is 0. The minimum Gasteiger partial charge on any atom is -0.316 e. The van der Waals surface area contributed by atoms with Gasteiger partial charge in [0.2, 0.25) is 0 Å². The summed E-state index contributed by atoms with van der Waals surface area (Å²) in [6.45, 7) is 0.818. The fraction of sp³-hybridized carbons (Fsp3) is 0.286. The fourth-order valence-electron chi connectivity index (χ4n) is 1.71. The highest BCUT2D eigenvalue weighted by atomic mass is 14.9. The predicted octanol–water partition coefficient (Wildman–Crippen LogP) is 1.98. The van der Waals surface area contributed by atoms with Crippen molar-refractivity contribution in [3.8, 4) is 0 Å². The van der Waals surface area contributed by atoms with Gasteiger partial charge in [-0.25, -0.2) is 9.97 Å². The average Bonchev–Trinajstić information content (AvgIpc) is 2.40. The molecule has 0 aliphatic heterocycles. The van der Waals surface area contributed by atoms with Crippen molar-refractivity contribution in [2.45, 2.75) is 19.4 Å². The highest BCUT2D eigenvalue weighted by Crippen LogP contribution is 2.04. The van der Waals surface area contributed by atoms with Crippen molar-refractivity contribution in [1.82, 2.24) is 15.3 Å². The summed E-state index contributed by atoms with van der Waals surface area (Å²) in [6.07, 6.45) is 5.67. The molecule has 0 saturated carbocycles. The first-order valence-corrected chi connectivity index (χ1v) is 5.87. The molecule has 0 fully saturated rings. The number of hydrogen-bond acceptors (Lipinski definition) is 3. The zero-order valence-corrected chi connectivity index (χ0v) is 10.1. The molecule has 0 bridgehead atoms. The van der Waals surface area contributed by atoms with Crippen LogP contribution >= 0.6 is 0 Å². The molecule has 88 valence electrons. The van der Waals surface area contributed by atoms with Gasteiger partial charge in [0.15, 0.2) is 0 Å². The first-order valence-electron chi connectivity index (χ1n) is 5.87. The number of aromatic nitrogens is 2. The monoisotopic (exact) mass is 227 g/mol. The van der Waals surface area contributed by atoms with E-state index in [0.717, 1.165) is 30.8 Å². The largest absolute Gasteiger partial charge is 0.316 e.